The fourth-order valence-corrected chi connectivity index (χ4v) is 3.02. The van der Waals surface area contributed by atoms with Gasteiger partial charge in [-0.05, 0) is 23.6 Å². The number of nitrogens with one attached hydrogen (secondary N) is 1. The highest BCUT2D eigenvalue weighted by Gasteiger charge is 2.13. The number of aryl methyl sites for hydroxylation is 1. The van der Waals surface area contributed by atoms with E-state index in [1.54, 1.807) is 4.68 Å². The Balaban J connectivity index is 1.86. The lowest BCUT2D eigenvalue weighted by molar-refractivity contribution is 0.768. The molecule has 0 saturated heterocycles. The van der Waals surface area contributed by atoms with E-state index in [4.69, 9.17) is 0 Å². The average molecular weight is 305 g/mol. The Bertz CT molecular complexity index is 970. The van der Waals surface area contributed by atoms with Crippen molar-refractivity contribution in [1.82, 2.24) is 24.3 Å². The van der Waals surface area contributed by atoms with E-state index in [1.165, 1.54) is 10.9 Å². The molecule has 4 rings (SSSR count). The Labute approximate surface area is 134 Å². The Kier molecular flexibility index (Phi) is 3.08. The van der Waals surface area contributed by atoms with Gasteiger partial charge >= 0.3 is 0 Å². The average Bonchev–Trinajstić information content (AvgIpc) is 3.24. The van der Waals surface area contributed by atoms with Crippen molar-refractivity contribution in [3.63, 3.8) is 0 Å². The van der Waals surface area contributed by atoms with Crippen LogP contribution in [-0.4, -0.2) is 24.3 Å². The molecule has 4 aromatic rings. The van der Waals surface area contributed by atoms with Crippen molar-refractivity contribution >= 4 is 10.9 Å². The molecule has 0 saturated carbocycles. The number of fused-ring (bicyclic) bond motifs is 1. The molecule has 23 heavy (non-hydrogen) atoms. The first-order valence-electron chi connectivity index (χ1n) is 7.77. The van der Waals surface area contributed by atoms with Crippen LogP contribution in [0.15, 0.2) is 49.3 Å². The summed E-state index contributed by atoms with van der Waals surface area (Å²) in [5, 5.41) is 5.48. The number of benzene rings is 1. The number of aromatic nitrogens is 5. The minimum Gasteiger partial charge on any atom is -0.361 e. The predicted octanol–water partition coefficient (Wildman–Crippen LogP) is 3.88. The van der Waals surface area contributed by atoms with Crippen molar-refractivity contribution in [1.29, 1.82) is 0 Å². The summed E-state index contributed by atoms with van der Waals surface area (Å²) in [6.45, 7) is 4.43. The molecule has 0 bridgehead atoms. The normalized spacial score (nSPS) is 11.7. The third-order valence-electron chi connectivity index (χ3n) is 4.20. The highest BCUT2D eigenvalue weighted by Crippen LogP contribution is 2.31. The van der Waals surface area contributed by atoms with E-state index in [-0.39, 0.29) is 0 Å². The van der Waals surface area contributed by atoms with E-state index in [2.05, 4.69) is 64.1 Å². The largest absolute Gasteiger partial charge is 0.361 e. The molecule has 3 heterocycles. The lowest BCUT2D eigenvalue weighted by Crippen LogP contribution is -1.93. The molecule has 1 N–H and O–H groups in total. The van der Waals surface area contributed by atoms with Gasteiger partial charge < -0.3 is 9.55 Å². The molecule has 1 aromatic carbocycles. The van der Waals surface area contributed by atoms with E-state index in [9.17, 15) is 0 Å². The van der Waals surface area contributed by atoms with Crippen LogP contribution in [0.5, 0.6) is 0 Å². The first-order valence-corrected chi connectivity index (χ1v) is 7.77. The maximum atomic E-state index is 4.54. The van der Waals surface area contributed by atoms with Crippen molar-refractivity contribution in [3.05, 3.63) is 54.9 Å². The molecule has 5 heteroatoms. The zero-order valence-electron chi connectivity index (χ0n) is 13.5. The standard InChI is InChI=1S/C18H19N5/c1-12(2)14-8-19-15-5-4-6-17(18(14)15)23-10-16(20-11-23)13-7-21-22(3)9-13/h4-12,19H,1-3H3. The van der Waals surface area contributed by atoms with Crippen LogP contribution in [0.25, 0.3) is 27.8 Å². The highest BCUT2D eigenvalue weighted by molar-refractivity contribution is 5.91. The van der Waals surface area contributed by atoms with Crippen LogP contribution in [-0.2, 0) is 7.05 Å². The molecule has 116 valence electrons. The number of imidazole rings is 1. The summed E-state index contributed by atoms with van der Waals surface area (Å²) >= 11 is 0. The van der Waals surface area contributed by atoms with Gasteiger partial charge in [-0.15, -0.1) is 0 Å². The zero-order chi connectivity index (χ0) is 16.0. The van der Waals surface area contributed by atoms with Crippen LogP contribution in [0.2, 0.25) is 0 Å². The first kappa shape index (κ1) is 13.8. The van der Waals surface area contributed by atoms with E-state index in [1.807, 2.05) is 25.8 Å². The van der Waals surface area contributed by atoms with Gasteiger partial charge in [-0.1, -0.05) is 19.9 Å². The highest BCUT2D eigenvalue weighted by atomic mass is 15.2. The lowest BCUT2D eigenvalue weighted by Gasteiger charge is -2.09. The summed E-state index contributed by atoms with van der Waals surface area (Å²) in [6.07, 6.45) is 9.85. The van der Waals surface area contributed by atoms with E-state index >= 15 is 0 Å². The van der Waals surface area contributed by atoms with Gasteiger partial charge in [0.25, 0.3) is 0 Å². The molecule has 0 fully saturated rings. The summed E-state index contributed by atoms with van der Waals surface area (Å²) in [7, 11) is 1.91. The van der Waals surface area contributed by atoms with Crippen LogP contribution in [0.4, 0.5) is 0 Å². The molecule has 0 aliphatic carbocycles. The molecule has 0 aliphatic rings. The quantitative estimate of drug-likeness (QED) is 0.624. The maximum absolute atomic E-state index is 4.54. The minimum atomic E-state index is 0.464. The smallest absolute Gasteiger partial charge is 0.0999 e. The molecule has 0 radical (unpaired) electrons. The van der Waals surface area contributed by atoms with Crippen molar-refractivity contribution in [2.45, 2.75) is 19.8 Å². The summed E-state index contributed by atoms with van der Waals surface area (Å²) in [4.78, 5) is 7.92. The van der Waals surface area contributed by atoms with Gasteiger partial charge in [-0.25, -0.2) is 4.98 Å². The predicted molar refractivity (Wildman–Crippen MR) is 91.7 cm³/mol. The molecule has 0 amide bonds. The van der Waals surface area contributed by atoms with Crippen LogP contribution in [0.1, 0.15) is 25.3 Å². The number of hydrogen-bond donors (Lipinski definition) is 1. The monoisotopic (exact) mass is 305 g/mol. The van der Waals surface area contributed by atoms with Gasteiger partial charge in [0.2, 0.25) is 0 Å². The first-order chi connectivity index (χ1) is 11.1. The zero-order valence-corrected chi connectivity index (χ0v) is 13.5. The Morgan fingerprint density at radius 2 is 2.04 bits per heavy atom. The lowest BCUT2D eigenvalue weighted by atomic mass is 10.0. The third kappa shape index (κ3) is 2.25. The molecular formula is C18H19N5. The number of nitrogens with zero attached hydrogens (tertiary/aromatic N) is 4. The topological polar surface area (TPSA) is 51.4 Å². The minimum absolute atomic E-state index is 0.464. The molecule has 5 nitrogen and oxygen atoms in total. The van der Waals surface area contributed by atoms with Crippen molar-refractivity contribution in [2.75, 3.05) is 0 Å². The van der Waals surface area contributed by atoms with Crippen molar-refractivity contribution < 1.29 is 0 Å². The van der Waals surface area contributed by atoms with Gasteiger partial charge in [0.15, 0.2) is 0 Å². The van der Waals surface area contributed by atoms with Gasteiger partial charge in [-0.3, -0.25) is 4.68 Å². The summed E-state index contributed by atoms with van der Waals surface area (Å²) < 4.78 is 3.88. The Morgan fingerprint density at radius 1 is 1.17 bits per heavy atom. The second-order valence-electron chi connectivity index (χ2n) is 6.17. The van der Waals surface area contributed by atoms with Gasteiger partial charge in [0.1, 0.15) is 0 Å². The molecule has 0 aliphatic heterocycles. The second-order valence-corrected chi connectivity index (χ2v) is 6.17. The third-order valence-corrected chi connectivity index (χ3v) is 4.20. The molecule has 0 atom stereocenters. The van der Waals surface area contributed by atoms with Gasteiger partial charge in [-0.2, -0.15) is 5.10 Å². The number of aromatic amines is 1. The van der Waals surface area contributed by atoms with E-state index in [0.29, 0.717) is 5.92 Å². The second kappa shape index (κ2) is 5.12. The fourth-order valence-electron chi connectivity index (χ4n) is 3.02. The summed E-state index contributed by atoms with van der Waals surface area (Å²) in [5.41, 5.74) is 5.58. The maximum Gasteiger partial charge on any atom is 0.0999 e. The van der Waals surface area contributed by atoms with E-state index < -0.39 is 0 Å². The van der Waals surface area contributed by atoms with Crippen LogP contribution >= 0.6 is 0 Å². The molecule has 3 aromatic heterocycles. The summed E-state index contributed by atoms with van der Waals surface area (Å²) in [6, 6.07) is 6.32. The Morgan fingerprint density at radius 3 is 2.78 bits per heavy atom. The number of rotatable bonds is 3. The van der Waals surface area contributed by atoms with Crippen LogP contribution in [0.3, 0.4) is 0 Å². The molecular weight excluding hydrogens is 286 g/mol. The van der Waals surface area contributed by atoms with Crippen molar-refractivity contribution in [3.8, 4) is 16.9 Å². The van der Waals surface area contributed by atoms with Crippen LogP contribution < -0.4 is 0 Å². The number of hydrogen-bond acceptors (Lipinski definition) is 2. The molecule has 0 spiro atoms. The van der Waals surface area contributed by atoms with E-state index in [0.717, 1.165) is 22.5 Å². The van der Waals surface area contributed by atoms with Gasteiger partial charge in [0, 0.05) is 42.1 Å². The SMILES string of the molecule is CC(C)c1c[nH]c2cccc(-n3cnc(-c4cnn(C)c4)c3)c12. The van der Waals surface area contributed by atoms with Crippen LogP contribution in [0, 0.1) is 0 Å². The number of H-pyrrole nitrogens is 1. The van der Waals surface area contributed by atoms with Gasteiger partial charge in [0.05, 0.1) is 23.9 Å². The Hall–Kier alpha value is -2.82. The molecule has 0 unspecified atom stereocenters. The van der Waals surface area contributed by atoms with Crippen molar-refractivity contribution in [2.24, 2.45) is 7.05 Å². The fraction of sp³-hybridized carbons (Fsp3) is 0.222. The summed E-state index contributed by atoms with van der Waals surface area (Å²) in [5.74, 6) is 0.464.